The van der Waals surface area contributed by atoms with Crippen molar-refractivity contribution in [3.8, 4) is 5.75 Å². The lowest BCUT2D eigenvalue weighted by atomic mass is 10.3. The fraction of sp³-hybridized carbons (Fsp3) is 0.385. The molecular formula is C13H16Cl2N2O4. The summed E-state index contributed by atoms with van der Waals surface area (Å²) < 4.78 is 10.0. The van der Waals surface area contributed by atoms with E-state index in [9.17, 15) is 9.59 Å². The second-order valence-electron chi connectivity index (χ2n) is 4.25. The summed E-state index contributed by atoms with van der Waals surface area (Å²) in [6, 6.07) is 6.15. The molecule has 0 unspecified atom stereocenters. The Morgan fingerprint density at radius 1 is 1.29 bits per heavy atom. The van der Waals surface area contributed by atoms with Crippen molar-refractivity contribution in [2.75, 3.05) is 17.3 Å². The second-order valence-corrected chi connectivity index (χ2v) is 4.73. The van der Waals surface area contributed by atoms with E-state index in [1.807, 2.05) is 0 Å². The molecule has 0 atom stereocenters. The summed E-state index contributed by atoms with van der Waals surface area (Å²) in [5.41, 5.74) is 0.439. The molecule has 2 amide bonds. The van der Waals surface area contributed by atoms with Crippen molar-refractivity contribution < 1.29 is 19.1 Å². The summed E-state index contributed by atoms with van der Waals surface area (Å²) in [7, 11) is 0. The maximum absolute atomic E-state index is 11.7. The molecule has 1 rings (SSSR count). The number of nitrogens with one attached hydrogen (secondary N) is 1. The summed E-state index contributed by atoms with van der Waals surface area (Å²) in [5.74, 6) is 0.252. The number of hydrogen-bond donors (Lipinski definition) is 1. The number of anilines is 1. The van der Waals surface area contributed by atoms with Gasteiger partial charge >= 0.3 is 12.2 Å². The van der Waals surface area contributed by atoms with E-state index in [1.165, 1.54) is 6.07 Å². The van der Waals surface area contributed by atoms with E-state index in [2.05, 4.69) is 5.32 Å². The van der Waals surface area contributed by atoms with Crippen LogP contribution in [0.2, 0.25) is 0 Å². The number of ether oxygens (including phenoxy) is 2. The number of alkyl halides is 2. The van der Waals surface area contributed by atoms with Crippen LogP contribution >= 0.6 is 23.2 Å². The third-order valence-corrected chi connectivity index (χ3v) is 2.75. The van der Waals surface area contributed by atoms with Gasteiger partial charge in [-0.1, -0.05) is 6.07 Å². The lowest BCUT2D eigenvalue weighted by molar-refractivity contribution is 0.130. The van der Waals surface area contributed by atoms with Gasteiger partial charge in [0.1, 0.15) is 17.8 Å². The van der Waals surface area contributed by atoms with Gasteiger partial charge in [0.05, 0.1) is 6.10 Å². The molecule has 1 N–H and O–H groups in total. The highest BCUT2D eigenvalue weighted by atomic mass is 35.5. The van der Waals surface area contributed by atoms with Crippen molar-refractivity contribution in [3.05, 3.63) is 24.3 Å². The molecule has 0 radical (unpaired) electrons. The van der Waals surface area contributed by atoms with Crippen LogP contribution in [-0.4, -0.2) is 35.2 Å². The molecule has 0 aliphatic carbocycles. The molecule has 6 nitrogen and oxygen atoms in total. The molecule has 0 spiro atoms. The van der Waals surface area contributed by atoms with Crippen LogP contribution in [0.15, 0.2) is 24.3 Å². The van der Waals surface area contributed by atoms with Crippen LogP contribution in [0.5, 0.6) is 5.75 Å². The highest BCUT2D eigenvalue weighted by Gasteiger charge is 2.14. The number of amides is 2. The fourth-order valence-electron chi connectivity index (χ4n) is 1.29. The van der Waals surface area contributed by atoms with Gasteiger partial charge in [-0.15, -0.1) is 23.2 Å². The van der Waals surface area contributed by atoms with Gasteiger partial charge in [0, 0.05) is 11.8 Å². The summed E-state index contributed by atoms with van der Waals surface area (Å²) >= 11 is 11.1. The van der Waals surface area contributed by atoms with Gasteiger partial charge in [-0.2, -0.15) is 0 Å². The molecule has 0 saturated carbocycles. The topological polar surface area (TPSA) is 67.9 Å². The Balaban J connectivity index is 2.68. The van der Waals surface area contributed by atoms with Crippen molar-refractivity contribution in [3.63, 3.8) is 0 Å². The number of carbonyl (C=O) groups is 2. The van der Waals surface area contributed by atoms with Crippen LogP contribution in [0.1, 0.15) is 13.8 Å². The predicted molar refractivity (Wildman–Crippen MR) is 81.0 cm³/mol. The van der Waals surface area contributed by atoms with Gasteiger partial charge < -0.3 is 9.47 Å². The highest BCUT2D eigenvalue weighted by molar-refractivity contribution is 6.21. The normalized spacial score (nSPS) is 10.1. The first-order chi connectivity index (χ1) is 9.96. The molecule has 0 aliphatic heterocycles. The molecule has 8 heteroatoms. The minimum Gasteiger partial charge on any atom is -0.447 e. The maximum Gasteiger partial charge on any atom is 0.417 e. The van der Waals surface area contributed by atoms with E-state index in [1.54, 1.807) is 32.0 Å². The van der Waals surface area contributed by atoms with E-state index in [-0.39, 0.29) is 23.9 Å². The summed E-state index contributed by atoms with van der Waals surface area (Å²) in [5, 5.41) is 2.53. The molecule has 0 bridgehead atoms. The van der Waals surface area contributed by atoms with Gasteiger partial charge in [0.15, 0.2) is 0 Å². The molecule has 1 aromatic rings. The Labute approximate surface area is 132 Å². The van der Waals surface area contributed by atoms with Gasteiger partial charge in [-0.05, 0) is 26.0 Å². The first kappa shape index (κ1) is 17.4. The zero-order chi connectivity index (χ0) is 15.8. The molecule has 0 aromatic heterocycles. The Morgan fingerprint density at radius 3 is 2.52 bits per heavy atom. The molecule has 0 aliphatic rings. The quantitative estimate of drug-likeness (QED) is 0.656. The first-order valence-electron chi connectivity index (χ1n) is 6.12. The summed E-state index contributed by atoms with van der Waals surface area (Å²) in [6.07, 6.45) is -1.49. The van der Waals surface area contributed by atoms with Crippen molar-refractivity contribution >= 4 is 41.1 Å². The molecule has 0 heterocycles. The van der Waals surface area contributed by atoms with Gasteiger partial charge in [-0.25, -0.2) is 9.59 Å². The second kappa shape index (κ2) is 8.59. The van der Waals surface area contributed by atoms with Crippen molar-refractivity contribution in [1.82, 2.24) is 4.90 Å². The maximum atomic E-state index is 11.7. The molecular weight excluding hydrogens is 319 g/mol. The zero-order valence-electron chi connectivity index (χ0n) is 11.6. The number of rotatable bonds is 5. The minimum absolute atomic E-state index is 0.0824. The molecule has 0 saturated heterocycles. The average Bonchev–Trinajstić information content (AvgIpc) is 2.39. The minimum atomic E-state index is -0.679. The number of nitrogens with zero attached hydrogens (tertiary/aromatic N) is 1. The third-order valence-electron chi connectivity index (χ3n) is 2.18. The Morgan fingerprint density at radius 2 is 1.95 bits per heavy atom. The summed E-state index contributed by atoms with van der Waals surface area (Å²) in [6.45, 7) is 3.48. The molecule has 0 fully saturated rings. The van der Waals surface area contributed by atoms with Crippen molar-refractivity contribution in [1.29, 1.82) is 0 Å². The average molecular weight is 335 g/mol. The van der Waals surface area contributed by atoms with Gasteiger partial charge in [0.2, 0.25) is 0 Å². The standard InChI is InChI=1S/C13H16Cl2N2O4/c1-9(2)20-12(18)16-10-4-3-5-11(6-10)21-13(19)17(7-14)8-15/h3-6,9H,7-8H2,1-2H3,(H,16,18). The Hall–Kier alpha value is -1.66. The van der Waals surface area contributed by atoms with E-state index < -0.39 is 12.2 Å². The monoisotopic (exact) mass is 334 g/mol. The smallest absolute Gasteiger partial charge is 0.417 e. The third kappa shape index (κ3) is 6.10. The van der Waals surface area contributed by atoms with Crippen LogP contribution in [0.3, 0.4) is 0 Å². The zero-order valence-corrected chi connectivity index (χ0v) is 13.1. The largest absolute Gasteiger partial charge is 0.447 e. The van der Waals surface area contributed by atoms with Crippen LogP contribution in [0, 0.1) is 0 Å². The number of halogens is 2. The molecule has 21 heavy (non-hydrogen) atoms. The SMILES string of the molecule is CC(C)OC(=O)Nc1cccc(OC(=O)N(CCl)CCl)c1. The van der Waals surface area contributed by atoms with E-state index in [0.717, 1.165) is 4.90 Å². The van der Waals surface area contributed by atoms with Crippen LogP contribution < -0.4 is 10.1 Å². The fourth-order valence-corrected chi connectivity index (χ4v) is 1.74. The summed E-state index contributed by atoms with van der Waals surface area (Å²) in [4.78, 5) is 24.2. The lowest BCUT2D eigenvalue weighted by Gasteiger charge is -2.16. The van der Waals surface area contributed by atoms with Crippen molar-refractivity contribution in [2.24, 2.45) is 0 Å². The lowest BCUT2D eigenvalue weighted by Crippen LogP contribution is -2.31. The van der Waals surface area contributed by atoms with E-state index in [0.29, 0.717) is 5.69 Å². The van der Waals surface area contributed by atoms with Gasteiger partial charge in [-0.3, -0.25) is 10.2 Å². The number of benzene rings is 1. The van der Waals surface area contributed by atoms with Crippen LogP contribution in [-0.2, 0) is 4.74 Å². The van der Waals surface area contributed by atoms with E-state index in [4.69, 9.17) is 32.7 Å². The number of hydrogen-bond acceptors (Lipinski definition) is 4. The van der Waals surface area contributed by atoms with Crippen LogP contribution in [0.25, 0.3) is 0 Å². The Bertz CT molecular complexity index is 493. The predicted octanol–water partition coefficient (Wildman–Crippen LogP) is 3.84. The van der Waals surface area contributed by atoms with Crippen LogP contribution in [0.4, 0.5) is 15.3 Å². The molecule has 116 valence electrons. The number of carbonyl (C=O) groups excluding carboxylic acids is 2. The highest BCUT2D eigenvalue weighted by Crippen LogP contribution is 2.18. The Kier molecular flexibility index (Phi) is 7.11. The van der Waals surface area contributed by atoms with Crippen molar-refractivity contribution in [2.45, 2.75) is 20.0 Å². The first-order valence-corrected chi connectivity index (χ1v) is 7.19. The van der Waals surface area contributed by atoms with Gasteiger partial charge in [0.25, 0.3) is 0 Å². The van der Waals surface area contributed by atoms with E-state index >= 15 is 0 Å². The molecule has 1 aromatic carbocycles.